The average Bonchev–Trinajstić information content (AvgIpc) is 2.92. The zero-order valence-electron chi connectivity index (χ0n) is 8.11. The molecule has 0 spiro atoms. The standard InChI is InChI=1S/C10H19BrO/c1-3-10(4-2,8-11)6-5-9-7-12-9/h9H,3-8H2,1-2H3. The Kier molecular flexibility index (Phi) is 4.04. The molecule has 1 saturated heterocycles. The average molecular weight is 235 g/mol. The maximum absolute atomic E-state index is 5.22. The normalized spacial score (nSPS) is 22.8. The van der Waals surface area contributed by atoms with Crippen LogP contribution >= 0.6 is 15.9 Å². The van der Waals surface area contributed by atoms with Crippen LogP contribution < -0.4 is 0 Å². The Bertz CT molecular complexity index is 120. The Morgan fingerprint density at radius 3 is 2.33 bits per heavy atom. The Morgan fingerprint density at radius 1 is 1.42 bits per heavy atom. The zero-order chi connectivity index (χ0) is 9.03. The molecule has 1 atom stereocenters. The SMILES string of the molecule is CCC(CC)(CBr)CCC1CO1. The van der Waals surface area contributed by atoms with Crippen LogP contribution in [0.1, 0.15) is 39.5 Å². The van der Waals surface area contributed by atoms with E-state index in [0.717, 1.165) is 11.9 Å². The van der Waals surface area contributed by atoms with Crippen LogP contribution in [0.15, 0.2) is 0 Å². The molecule has 0 bridgehead atoms. The molecule has 0 aromatic rings. The van der Waals surface area contributed by atoms with Crippen molar-refractivity contribution < 1.29 is 4.74 Å². The molecule has 1 fully saturated rings. The van der Waals surface area contributed by atoms with Crippen molar-refractivity contribution in [2.45, 2.75) is 45.6 Å². The van der Waals surface area contributed by atoms with Crippen LogP contribution in [0.25, 0.3) is 0 Å². The lowest BCUT2D eigenvalue weighted by Gasteiger charge is -2.29. The lowest BCUT2D eigenvalue weighted by molar-refractivity contribution is 0.258. The number of halogens is 1. The van der Waals surface area contributed by atoms with Crippen molar-refractivity contribution in [2.75, 3.05) is 11.9 Å². The van der Waals surface area contributed by atoms with Gasteiger partial charge in [0.15, 0.2) is 0 Å². The molecule has 1 rings (SSSR count). The van der Waals surface area contributed by atoms with Gasteiger partial charge in [-0.3, -0.25) is 0 Å². The minimum Gasteiger partial charge on any atom is -0.373 e. The first-order valence-electron chi connectivity index (χ1n) is 4.94. The number of epoxide rings is 1. The van der Waals surface area contributed by atoms with Gasteiger partial charge in [-0.25, -0.2) is 0 Å². The van der Waals surface area contributed by atoms with Gasteiger partial charge in [-0.1, -0.05) is 29.8 Å². The van der Waals surface area contributed by atoms with Crippen molar-refractivity contribution in [3.8, 4) is 0 Å². The smallest absolute Gasteiger partial charge is 0.0810 e. The van der Waals surface area contributed by atoms with Crippen LogP contribution in [-0.4, -0.2) is 18.0 Å². The van der Waals surface area contributed by atoms with Crippen LogP contribution in [0.2, 0.25) is 0 Å². The fraction of sp³-hybridized carbons (Fsp3) is 1.00. The zero-order valence-corrected chi connectivity index (χ0v) is 9.69. The van der Waals surface area contributed by atoms with Crippen molar-refractivity contribution >= 4 is 15.9 Å². The Morgan fingerprint density at radius 2 is 2.00 bits per heavy atom. The lowest BCUT2D eigenvalue weighted by Crippen LogP contribution is -2.21. The summed E-state index contributed by atoms with van der Waals surface area (Å²) in [4.78, 5) is 0. The van der Waals surface area contributed by atoms with Crippen LogP contribution in [0, 0.1) is 5.41 Å². The van der Waals surface area contributed by atoms with E-state index in [0.29, 0.717) is 11.5 Å². The van der Waals surface area contributed by atoms with E-state index in [1.54, 1.807) is 0 Å². The van der Waals surface area contributed by atoms with E-state index >= 15 is 0 Å². The Labute approximate surface area is 84.0 Å². The quantitative estimate of drug-likeness (QED) is 0.508. The highest BCUT2D eigenvalue weighted by Gasteiger charge is 2.29. The summed E-state index contributed by atoms with van der Waals surface area (Å²) in [7, 11) is 0. The van der Waals surface area contributed by atoms with Gasteiger partial charge in [-0.15, -0.1) is 0 Å². The molecule has 0 aromatic heterocycles. The molecular formula is C10H19BrO. The largest absolute Gasteiger partial charge is 0.373 e. The van der Waals surface area contributed by atoms with E-state index in [2.05, 4.69) is 29.8 Å². The van der Waals surface area contributed by atoms with E-state index in [4.69, 9.17) is 4.74 Å². The second kappa shape index (κ2) is 4.61. The maximum atomic E-state index is 5.22. The topological polar surface area (TPSA) is 12.5 Å². The molecular weight excluding hydrogens is 216 g/mol. The van der Waals surface area contributed by atoms with Gasteiger partial charge in [0.25, 0.3) is 0 Å². The van der Waals surface area contributed by atoms with Gasteiger partial charge < -0.3 is 4.74 Å². The molecule has 0 aliphatic carbocycles. The van der Waals surface area contributed by atoms with E-state index in [9.17, 15) is 0 Å². The minimum absolute atomic E-state index is 0.534. The van der Waals surface area contributed by atoms with Crippen LogP contribution in [0.3, 0.4) is 0 Å². The highest BCUT2D eigenvalue weighted by Crippen LogP contribution is 2.36. The lowest BCUT2D eigenvalue weighted by atomic mass is 9.80. The summed E-state index contributed by atoms with van der Waals surface area (Å²) in [6, 6.07) is 0. The summed E-state index contributed by atoms with van der Waals surface area (Å²) in [5.41, 5.74) is 0.534. The fourth-order valence-electron chi connectivity index (χ4n) is 1.56. The molecule has 0 radical (unpaired) electrons. The summed E-state index contributed by atoms with van der Waals surface area (Å²) < 4.78 is 5.22. The minimum atomic E-state index is 0.534. The Hall–Kier alpha value is 0.440. The summed E-state index contributed by atoms with van der Waals surface area (Å²) >= 11 is 3.62. The summed E-state index contributed by atoms with van der Waals surface area (Å²) in [6.07, 6.45) is 5.73. The van der Waals surface area contributed by atoms with Gasteiger partial charge >= 0.3 is 0 Å². The first-order chi connectivity index (χ1) is 5.76. The first kappa shape index (κ1) is 10.5. The highest BCUT2D eigenvalue weighted by atomic mass is 79.9. The monoisotopic (exact) mass is 234 g/mol. The summed E-state index contributed by atoms with van der Waals surface area (Å²) in [5, 5.41) is 1.14. The van der Waals surface area contributed by atoms with Gasteiger partial charge in [0.1, 0.15) is 0 Å². The number of hydrogen-bond donors (Lipinski definition) is 0. The third-order valence-electron chi connectivity index (χ3n) is 3.18. The van der Waals surface area contributed by atoms with E-state index in [1.165, 1.54) is 25.7 Å². The van der Waals surface area contributed by atoms with Gasteiger partial charge in [0.05, 0.1) is 12.7 Å². The molecule has 2 heteroatoms. The molecule has 0 aromatic carbocycles. The molecule has 0 amide bonds. The van der Waals surface area contributed by atoms with E-state index < -0.39 is 0 Å². The van der Waals surface area contributed by atoms with Crippen LogP contribution in [0.5, 0.6) is 0 Å². The predicted octanol–water partition coefficient (Wildman–Crippen LogP) is 3.37. The third-order valence-corrected chi connectivity index (χ3v) is 4.37. The van der Waals surface area contributed by atoms with Crippen molar-refractivity contribution in [1.82, 2.24) is 0 Å². The second-order valence-corrected chi connectivity index (χ2v) is 4.40. The molecule has 0 saturated carbocycles. The predicted molar refractivity (Wildman–Crippen MR) is 55.8 cm³/mol. The van der Waals surface area contributed by atoms with Crippen molar-refractivity contribution in [1.29, 1.82) is 0 Å². The van der Waals surface area contributed by atoms with E-state index in [1.807, 2.05) is 0 Å². The number of hydrogen-bond acceptors (Lipinski definition) is 1. The maximum Gasteiger partial charge on any atom is 0.0810 e. The number of rotatable bonds is 6. The van der Waals surface area contributed by atoms with Crippen molar-refractivity contribution in [3.05, 3.63) is 0 Å². The molecule has 1 aliphatic heterocycles. The molecule has 1 unspecified atom stereocenters. The van der Waals surface area contributed by atoms with Crippen LogP contribution in [0.4, 0.5) is 0 Å². The fourth-order valence-corrected chi connectivity index (χ4v) is 2.63. The molecule has 1 nitrogen and oxygen atoms in total. The van der Waals surface area contributed by atoms with Gasteiger partial charge in [-0.05, 0) is 31.1 Å². The van der Waals surface area contributed by atoms with Gasteiger partial charge in [0, 0.05) is 5.33 Å². The van der Waals surface area contributed by atoms with E-state index in [-0.39, 0.29) is 0 Å². The molecule has 72 valence electrons. The summed E-state index contributed by atoms with van der Waals surface area (Å²) in [5.74, 6) is 0. The molecule has 1 heterocycles. The van der Waals surface area contributed by atoms with Crippen molar-refractivity contribution in [2.24, 2.45) is 5.41 Å². The highest BCUT2D eigenvalue weighted by molar-refractivity contribution is 9.09. The number of alkyl halides is 1. The molecule has 0 N–H and O–H groups in total. The third kappa shape index (κ3) is 2.74. The summed E-state index contributed by atoms with van der Waals surface area (Å²) in [6.45, 7) is 5.59. The molecule has 1 aliphatic rings. The van der Waals surface area contributed by atoms with Gasteiger partial charge in [0.2, 0.25) is 0 Å². The first-order valence-corrected chi connectivity index (χ1v) is 6.06. The van der Waals surface area contributed by atoms with Crippen molar-refractivity contribution in [3.63, 3.8) is 0 Å². The van der Waals surface area contributed by atoms with Crippen LogP contribution in [-0.2, 0) is 4.74 Å². The Balaban J connectivity index is 2.28. The van der Waals surface area contributed by atoms with Gasteiger partial charge in [-0.2, -0.15) is 0 Å². The molecule has 12 heavy (non-hydrogen) atoms. The second-order valence-electron chi connectivity index (χ2n) is 3.83. The number of ether oxygens (including phenoxy) is 1.